The SMILES string of the molecule is CC[C@@H]1C(=O)N(C)c2cnc(Cc3ccc(C(=O)CCCOCCOCCOCCN(CC(=O)Nc4cccc5c4CN(C4CCC(=O)NC4=O)C5=O)C(=O)OCc4ccc(NC(=O)[C@H](CCCNC(N)=O)CC(=O)[C@@H](NC(=O)CCCCCN5C(=O)C=CC5=O)C(C)C)cc4)cc3OC)nc2N1C1CCCC1. The van der Waals surface area contributed by atoms with Gasteiger partial charge in [0.05, 0.1) is 52.4 Å². The van der Waals surface area contributed by atoms with Crippen molar-refractivity contribution in [2.75, 3.05) is 100 Å². The van der Waals surface area contributed by atoms with E-state index in [1.807, 2.05) is 13.0 Å². The number of hydrogen-bond donors (Lipinski definition) is 6. The minimum atomic E-state index is -0.914. The fourth-order valence-corrected chi connectivity index (χ4v) is 13.9. The van der Waals surface area contributed by atoms with Crippen molar-refractivity contribution >= 4 is 99.7 Å². The molecule has 4 aromatic rings. The Morgan fingerprint density at radius 3 is 2.21 bits per heavy atom. The van der Waals surface area contributed by atoms with Crippen molar-refractivity contribution in [1.82, 2.24) is 40.6 Å². The van der Waals surface area contributed by atoms with Crippen LogP contribution in [0.15, 0.2) is 79.0 Å². The molecule has 5 aliphatic rings. The van der Waals surface area contributed by atoms with Gasteiger partial charge in [0, 0.05) is 130 Å². The number of carbonyl (C=O) groups excluding carboxylic acids is 13. The van der Waals surface area contributed by atoms with Crippen molar-refractivity contribution in [3.63, 3.8) is 0 Å². The van der Waals surface area contributed by atoms with Gasteiger partial charge in [0.2, 0.25) is 35.4 Å². The third kappa shape index (κ3) is 22.3. The number of Topliss-reactive ketones (excluding diaryl/α,β-unsaturated/α-hetero) is 2. The molecule has 1 aromatic heterocycles. The summed E-state index contributed by atoms with van der Waals surface area (Å²) in [5, 5.41) is 13.2. The number of nitrogens with one attached hydrogen (secondary N) is 5. The molecule has 5 heterocycles. The van der Waals surface area contributed by atoms with Crippen LogP contribution in [-0.4, -0.2) is 206 Å². The fraction of sp³-hybridized carbons (Fsp3) is 0.519. The Morgan fingerprint density at radius 1 is 0.796 bits per heavy atom. The van der Waals surface area contributed by atoms with Crippen LogP contribution < -0.4 is 46.9 Å². The van der Waals surface area contributed by atoms with Gasteiger partial charge in [0.1, 0.15) is 42.5 Å². The zero-order valence-corrected chi connectivity index (χ0v) is 62.0. The molecule has 1 saturated carbocycles. The minimum absolute atomic E-state index is 0.0174. The molecule has 4 aliphatic heterocycles. The molecule has 1 unspecified atom stereocenters. The first-order chi connectivity index (χ1) is 52.0. The van der Waals surface area contributed by atoms with E-state index in [4.69, 9.17) is 34.4 Å². The Balaban J connectivity index is 0.732. The normalized spacial score (nSPS) is 16.8. The van der Waals surface area contributed by atoms with E-state index in [-0.39, 0.29) is 169 Å². The Morgan fingerprint density at radius 2 is 1.52 bits per heavy atom. The lowest BCUT2D eigenvalue weighted by Gasteiger charge is -2.43. The molecule has 12 amide bonds. The van der Waals surface area contributed by atoms with Gasteiger partial charge in [-0.25, -0.2) is 19.6 Å². The van der Waals surface area contributed by atoms with E-state index in [1.165, 1.54) is 17.1 Å². The number of rotatable bonds is 42. The highest BCUT2D eigenvalue weighted by atomic mass is 16.6. The first-order valence-electron chi connectivity index (χ1n) is 37.1. The van der Waals surface area contributed by atoms with E-state index in [0.29, 0.717) is 91.2 Å². The van der Waals surface area contributed by atoms with E-state index in [9.17, 15) is 62.3 Å². The molecule has 0 radical (unpaired) electrons. The highest BCUT2D eigenvalue weighted by molar-refractivity contribution is 6.13. The summed E-state index contributed by atoms with van der Waals surface area (Å²) in [6, 6.07) is 13.9. The summed E-state index contributed by atoms with van der Waals surface area (Å²) in [4.78, 5) is 186. The quantitative estimate of drug-likeness (QED) is 0.0163. The Labute approximate surface area is 627 Å². The lowest BCUT2D eigenvalue weighted by Crippen LogP contribution is -2.55. The zero-order chi connectivity index (χ0) is 77.4. The Kier molecular flexibility index (Phi) is 30.1. The Bertz CT molecular complexity index is 3960. The van der Waals surface area contributed by atoms with Crippen LogP contribution in [-0.2, 0) is 81.7 Å². The second kappa shape index (κ2) is 39.9. The smallest absolute Gasteiger partial charge is 0.410 e. The predicted octanol–water partition coefficient (Wildman–Crippen LogP) is 6.22. The third-order valence-corrected chi connectivity index (χ3v) is 19.8. The summed E-state index contributed by atoms with van der Waals surface area (Å²) < 4.78 is 28.8. The fourth-order valence-electron chi connectivity index (χ4n) is 13.9. The van der Waals surface area contributed by atoms with Crippen LogP contribution in [0.5, 0.6) is 5.75 Å². The number of likely N-dealkylation sites (N-methyl/N-ethyl adjacent to an activating group) is 1. The maximum absolute atomic E-state index is 14.0. The lowest BCUT2D eigenvalue weighted by molar-refractivity contribution is -0.138. The number of piperidine rings is 1. The molecule has 7 N–H and O–H groups in total. The molecule has 1 aliphatic carbocycles. The van der Waals surface area contributed by atoms with Gasteiger partial charge < -0.3 is 65.4 Å². The highest BCUT2D eigenvalue weighted by Gasteiger charge is 2.43. The molecule has 4 atom stereocenters. The third-order valence-electron chi connectivity index (χ3n) is 19.8. The number of fused-ring (bicyclic) bond motifs is 2. The molecule has 1 saturated heterocycles. The molecule has 108 heavy (non-hydrogen) atoms. The van der Waals surface area contributed by atoms with Gasteiger partial charge in [0.15, 0.2) is 17.4 Å². The molecule has 9 rings (SSSR count). The number of amides is 12. The van der Waals surface area contributed by atoms with Gasteiger partial charge in [-0.1, -0.05) is 70.4 Å². The average Bonchev–Trinajstić information content (AvgIpc) is 1.78. The number of nitrogens with two attached hydrogens (primary N) is 1. The number of primary amides is 1. The number of carbonyl (C=O) groups is 13. The summed E-state index contributed by atoms with van der Waals surface area (Å²) in [5.41, 5.74) is 9.13. The summed E-state index contributed by atoms with van der Waals surface area (Å²) in [6.07, 6.45) is 11.3. The van der Waals surface area contributed by atoms with E-state index in [2.05, 4.69) is 36.5 Å². The van der Waals surface area contributed by atoms with Crippen molar-refractivity contribution in [3.05, 3.63) is 113 Å². The number of imide groups is 2. The van der Waals surface area contributed by atoms with Crippen molar-refractivity contribution < 1.29 is 86.0 Å². The maximum atomic E-state index is 14.0. The second-order valence-corrected chi connectivity index (χ2v) is 27.7. The van der Waals surface area contributed by atoms with Crippen LogP contribution in [0, 0.1) is 11.8 Å². The number of anilines is 4. The van der Waals surface area contributed by atoms with E-state index >= 15 is 0 Å². The van der Waals surface area contributed by atoms with Crippen LogP contribution in [0.25, 0.3) is 0 Å². The zero-order valence-electron chi connectivity index (χ0n) is 62.0. The number of unbranched alkanes of at least 4 members (excludes halogenated alkanes) is 2. The van der Waals surface area contributed by atoms with Crippen LogP contribution in [0.2, 0.25) is 0 Å². The number of aromatic nitrogens is 2. The summed E-state index contributed by atoms with van der Waals surface area (Å²) in [6.45, 7) is 6.03. The first-order valence-corrected chi connectivity index (χ1v) is 37.1. The van der Waals surface area contributed by atoms with Gasteiger partial charge in [-0.05, 0) is 99.6 Å². The molecule has 3 aromatic carbocycles. The summed E-state index contributed by atoms with van der Waals surface area (Å²) >= 11 is 0. The number of ketones is 2. The van der Waals surface area contributed by atoms with Crippen LogP contribution in [0.4, 0.5) is 32.5 Å². The number of hydrogen-bond acceptors (Lipinski definition) is 21. The lowest BCUT2D eigenvalue weighted by atomic mass is 9.89. The highest BCUT2D eigenvalue weighted by Crippen LogP contribution is 2.40. The largest absolute Gasteiger partial charge is 0.496 e. The van der Waals surface area contributed by atoms with Gasteiger partial charge in [-0.2, -0.15) is 0 Å². The molecule has 0 spiro atoms. The van der Waals surface area contributed by atoms with Crippen molar-refractivity contribution in [3.8, 4) is 5.75 Å². The van der Waals surface area contributed by atoms with Gasteiger partial charge >= 0.3 is 12.1 Å². The van der Waals surface area contributed by atoms with E-state index in [1.54, 1.807) is 93.7 Å². The standard InChI is InChI=1S/C77H99N13O18/c1-6-58-75(101)86(4)60-44-80-64(83-71(60)90(58)54-16-9-10-17-54)43-51-25-24-50(42-63(51)104-5)61(91)20-14-35-105-37-39-107-40-38-106-36-34-87(46-67(95)82-57-19-12-18-55-56(57)45-89(74(55)100)59-28-29-66(94)85-73(59)99)77(103)108-47-49-22-26-53(27-23-49)81-72(98)52(15-13-32-79-76(78)102)41-62(92)70(48(2)3)84-65(93)21-8-7-11-33-88-68(96)30-31-69(88)97/h12,18-19,22-27,30-31,42,44,48,52,54,58-59,70H,6-11,13-17,20-21,28-29,32-41,43,45-47H2,1-5H3,(H,81,98)(H,82,95)(H,84,93)(H3,78,79,102)(H,85,94,99)/t52-,58-,59?,70+/m1/s1. The number of ether oxygens (including phenoxy) is 5. The second-order valence-electron chi connectivity index (χ2n) is 27.7. The molecule has 31 nitrogen and oxygen atoms in total. The topological polar surface area (TPSA) is 396 Å². The van der Waals surface area contributed by atoms with Crippen LogP contribution in [0.1, 0.15) is 167 Å². The summed E-state index contributed by atoms with van der Waals surface area (Å²) in [5.74, 6) is -3.45. The maximum Gasteiger partial charge on any atom is 0.410 e. The first kappa shape index (κ1) is 81.5. The molecular weight excluding hydrogens is 1390 g/mol. The van der Waals surface area contributed by atoms with Gasteiger partial charge in [0.25, 0.3) is 17.7 Å². The van der Waals surface area contributed by atoms with Crippen molar-refractivity contribution in [2.24, 2.45) is 17.6 Å². The monoisotopic (exact) mass is 1490 g/mol. The van der Waals surface area contributed by atoms with Gasteiger partial charge in [-0.3, -0.25) is 67.9 Å². The molecule has 0 bridgehead atoms. The number of benzene rings is 3. The summed E-state index contributed by atoms with van der Waals surface area (Å²) in [7, 11) is 3.33. The molecule has 31 heteroatoms. The Hall–Kier alpha value is -10.5. The van der Waals surface area contributed by atoms with E-state index < -0.39 is 66.2 Å². The average molecular weight is 1490 g/mol. The van der Waals surface area contributed by atoms with Crippen molar-refractivity contribution in [1.29, 1.82) is 0 Å². The molecule has 2 fully saturated rings. The number of methoxy groups -OCH3 is 1. The van der Waals surface area contributed by atoms with Crippen molar-refractivity contribution in [2.45, 2.75) is 167 Å². The number of nitrogens with zero attached hydrogens (tertiary/aromatic N) is 7. The molecular formula is C77H99N13O18. The predicted molar refractivity (Wildman–Crippen MR) is 395 cm³/mol. The van der Waals surface area contributed by atoms with Gasteiger partial charge in [-0.15, -0.1) is 0 Å². The minimum Gasteiger partial charge on any atom is -0.496 e. The van der Waals surface area contributed by atoms with E-state index in [0.717, 1.165) is 46.9 Å². The van der Waals surface area contributed by atoms with Crippen LogP contribution in [0.3, 0.4) is 0 Å². The van der Waals surface area contributed by atoms with Crippen LogP contribution >= 0.6 is 0 Å². The number of urea groups is 1. The molecule has 580 valence electrons.